The van der Waals surface area contributed by atoms with Gasteiger partial charge in [-0.05, 0) is 34.9 Å². The van der Waals surface area contributed by atoms with Gasteiger partial charge in [-0.25, -0.2) is 4.98 Å². The van der Waals surface area contributed by atoms with Crippen LogP contribution in [0.5, 0.6) is 5.75 Å². The molecule has 0 aliphatic heterocycles. The number of para-hydroxylation sites is 1. The highest BCUT2D eigenvalue weighted by molar-refractivity contribution is 5.84. The van der Waals surface area contributed by atoms with Gasteiger partial charge >= 0.3 is 0 Å². The van der Waals surface area contributed by atoms with Crippen LogP contribution in [0.15, 0.2) is 103 Å². The Morgan fingerprint density at radius 3 is 1.96 bits per heavy atom. The van der Waals surface area contributed by atoms with Crippen molar-refractivity contribution in [2.45, 2.75) is 0 Å². The lowest BCUT2D eigenvalue weighted by Crippen LogP contribution is -1.90. The van der Waals surface area contributed by atoms with E-state index in [4.69, 9.17) is 4.98 Å². The summed E-state index contributed by atoms with van der Waals surface area (Å²) in [4.78, 5) is 4.86. The van der Waals surface area contributed by atoms with Crippen molar-refractivity contribution in [3.8, 4) is 39.3 Å². The van der Waals surface area contributed by atoms with Crippen LogP contribution in [-0.4, -0.2) is 14.5 Å². The molecule has 0 unspecified atom stereocenters. The molecule has 5 aromatic rings. The average Bonchev–Trinajstić information content (AvgIpc) is 3.18. The van der Waals surface area contributed by atoms with E-state index in [1.807, 2.05) is 65.2 Å². The molecular weight excluding hydrogens is 344 g/mol. The van der Waals surface area contributed by atoms with Crippen molar-refractivity contribution in [2.75, 3.05) is 0 Å². The quantitative estimate of drug-likeness (QED) is 0.425. The zero-order valence-electron chi connectivity index (χ0n) is 15.2. The second-order valence-electron chi connectivity index (χ2n) is 6.75. The Morgan fingerprint density at radius 2 is 1.25 bits per heavy atom. The number of phenols is 1. The van der Waals surface area contributed by atoms with Crippen LogP contribution in [-0.2, 0) is 0 Å². The van der Waals surface area contributed by atoms with Crippen LogP contribution in [0.25, 0.3) is 39.2 Å². The fraction of sp³-hybridized carbons (Fsp3) is 0. The normalized spacial score (nSPS) is 11.0. The van der Waals surface area contributed by atoms with Crippen LogP contribution in [0.4, 0.5) is 0 Å². The number of nitrogens with zero attached hydrogens (tertiary/aromatic N) is 2. The second-order valence-corrected chi connectivity index (χ2v) is 6.75. The Balaban J connectivity index is 1.78. The van der Waals surface area contributed by atoms with Gasteiger partial charge in [-0.2, -0.15) is 0 Å². The molecule has 0 bridgehead atoms. The van der Waals surface area contributed by atoms with Crippen molar-refractivity contribution in [1.29, 1.82) is 0 Å². The Bertz CT molecular complexity index is 1260. The predicted molar refractivity (Wildman–Crippen MR) is 113 cm³/mol. The maximum Gasteiger partial charge on any atom is 0.145 e. The maximum atomic E-state index is 10.3. The number of phenolic OH excluding ortho intramolecular Hbond substituents is 1. The number of rotatable bonds is 3. The van der Waals surface area contributed by atoms with E-state index in [0.717, 1.165) is 39.2 Å². The van der Waals surface area contributed by atoms with Crippen LogP contribution in [0, 0.1) is 0 Å². The summed E-state index contributed by atoms with van der Waals surface area (Å²) in [6, 6.07) is 30.1. The van der Waals surface area contributed by atoms with Crippen LogP contribution in [0.3, 0.4) is 0 Å². The first-order chi connectivity index (χ1) is 13.8. The van der Waals surface area contributed by atoms with Gasteiger partial charge in [0.1, 0.15) is 11.4 Å². The van der Waals surface area contributed by atoms with E-state index < -0.39 is 0 Å². The number of fused-ring (bicyclic) bond motifs is 1. The fourth-order valence-corrected chi connectivity index (χ4v) is 3.54. The number of aromatic nitrogens is 2. The first kappa shape index (κ1) is 16.3. The summed E-state index contributed by atoms with van der Waals surface area (Å²) < 4.78 is 2.05. The number of pyridine rings is 1. The zero-order chi connectivity index (χ0) is 18.9. The topological polar surface area (TPSA) is 37.5 Å². The summed E-state index contributed by atoms with van der Waals surface area (Å²) in [6.07, 6.45) is 4.07. The van der Waals surface area contributed by atoms with E-state index in [1.54, 1.807) is 6.07 Å². The van der Waals surface area contributed by atoms with Crippen molar-refractivity contribution in [1.82, 2.24) is 9.38 Å². The molecule has 134 valence electrons. The molecule has 0 saturated heterocycles. The van der Waals surface area contributed by atoms with Crippen LogP contribution < -0.4 is 0 Å². The summed E-state index contributed by atoms with van der Waals surface area (Å²) in [6.45, 7) is 0. The Morgan fingerprint density at radius 1 is 0.607 bits per heavy atom. The second kappa shape index (κ2) is 6.71. The van der Waals surface area contributed by atoms with E-state index >= 15 is 0 Å². The monoisotopic (exact) mass is 362 g/mol. The molecule has 0 radical (unpaired) electrons. The summed E-state index contributed by atoms with van der Waals surface area (Å²) in [5, 5.41) is 10.3. The molecule has 1 N–H and O–H groups in total. The average molecular weight is 362 g/mol. The molecule has 0 aliphatic rings. The first-order valence-electron chi connectivity index (χ1n) is 9.21. The van der Waals surface area contributed by atoms with Crippen molar-refractivity contribution in [3.05, 3.63) is 103 Å². The van der Waals surface area contributed by atoms with Gasteiger partial charge in [-0.1, -0.05) is 72.8 Å². The van der Waals surface area contributed by atoms with Gasteiger partial charge in [0.15, 0.2) is 0 Å². The largest absolute Gasteiger partial charge is 0.507 e. The third-order valence-electron chi connectivity index (χ3n) is 4.92. The summed E-state index contributed by atoms with van der Waals surface area (Å²) >= 11 is 0. The Kier molecular flexibility index (Phi) is 3.91. The fourth-order valence-electron chi connectivity index (χ4n) is 3.54. The molecule has 0 spiro atoms. The van der Waals surface area contributed by atoms with Gasteiger partial charge in [0.2, 0.25) is 0 Å². The van der Waals surface area contributed by atoms with Gasteiger partial charge < -0.3 is 9.51 Å². The maximum absolute atomic E-state index is 10.3. The third kappa shape index (κ3) is 2.83. The van der Waals surface area contributed by atoms with Crippen molar-refractivity contribution >= 4 is 5.65 Å². The third-order valence-corrected chi connectivity index (χ3v) is 4.92. The molecule has 0 saturated carbocycles. The molecule has 0 fully saturated rings. The van der Waals surface area contributed by atoms with E-state index in [-0.39, 0.29) is 5.75 Å². The minimum Gasteiger partial charge on any atom is -0.507 e. The molecule has 0 aliphatic carbocycles. The molecular formula is C25H18N2O. The first-order valence-corrected chi connectivity index (χ1v) is 9.21. The van der Waals surface area contributed by atoms with Gasteiger partial charge in [0.25, 0.3) is 0 Å². The van der Waals surface area contributed by atoms with Crippen LogP contribution in [0.2, 0.25) is 0 Å². The standard InChI is InChI=1S/C25H18N2O/c28-24-14-8-7-13-21(24)23-17-27-16-20(18-9-3-1-4-10-18)15-22(25(27)26-23)19-11-5-2-6-12-19/h1-17,28H. The number of hydrogen-bond acceptors (Lipinski definition) is 2. The molecule has 0 amide bonds. The van der Waals surface area contributed by atoms with Gasteiger partial charge in [0, 0.05) is 23.5 Å². The summed E-state index contributed by atoms with van der Waals surface area (Å²) in [7, 11) is 0. The van der Waals surface area contributed by atoms with Crippen LogP contribution >= 0.6 is 0 Å². The molecule has 3 aromatic carbocycles. The SMILES string of the molecule is Oc1ccccc1-c1cn2cc(-c3ccccc3)cc(-c3ccccc3)c2n1. The van der Waals surface area contributed by atoms with Gasteiger partial charge in [-0.15, -0.1) is 0 Å². The van der Waals surface area contributed by atoms with Crippen LogP contribution in [0.1, 0.15) is 0 Å². The van der Waals surface area contributed by atoms with E-state index in [9.17, 15) is 5.11 Å². The number of benzene rings is 3. The zero-order valence-corrected chi connectivity index (χ0v) is 15.2. The number of hydrogen-bond donors (Lipinski definition) is 1. The molecule has 3 heteroatoms. The highest BCUT2D eigenvalue weighted by atomic mass is 16.3. The lowest BCUT2D eigenvalue weighted by molar-refractivity contribution is 0.477. The number of aromatic hydroxyl groups is 1. The molecule has 2 aromatic heterocycles. The summed E-state index contributed by atoms with van der Waals surface area (Å²) in [5.41, 5.74) is 6.78. The van der Waals surface area contributed by atoms with E-state index in [1.165, 1.54) is 0 Å². The Labute approximate surface area is 163 Å². The minimum atomic E-state index is 0.232. The highest BCUT2D eigenvalue weighted by Crippen LogP contribution is 2.33. The molecule has 3 nitrogen and oxygen atoms in total. The smallest absolute Gasteiger partial charge is 0.145 e. The number of imidazole rings is 1. The van der Waals surface area contributed by atoms with Crippen molar-refractivity contribution in [3.63, 3.8) is 0 Å². The molecule has 2 heterocycles. The summed E-state index contributed by atoms with van der Waals surface area (Å²) in [5.74, 6) is 0.232. The minimum absolute atomic E-state index is 0.232. The van der Waals surface area contributed by atoms with Crippen molar-refractivity contribution < 1.29 is 5.11 Å². The Hall–Kier alpha value is -3.85. The molecule has 28 heavy (non-hydrogen) atoms. The van der Waals surface area contributed by atoms with E-state index in [2.05, 4.69) is 36.5 Å². The van der Waals surface area contributed by atoms with Gasteiger partial charge in [-0.3, -0.25) is 0 Å². The predicted octanol–water partition coefficient (Wildman–Crippen LogP) is 6.04. The van der Waals surface area contributed by atoms with Gasteiger partial charge in [0.05, 0.1) is 5.69 Å². The molecule has 5 rings (SSSR count). The lowest BCUT2D eigenvalue weighted by atomic mass is 10.0. The van der Waals surface area contributed by atoms with Crippen molar-refractivity contribution in [2.24, 2.45) is 0 Å². The lowest BCUT2D eigenvalue weighted by Gasteiger charge is -2.09. The highest BCUT2D eigenvalue weighted by Gasteiger charge is 2.14. The van der Waals surface area contributed by atoms with E-state index in [0.29, 0.717) is 0 Å². The molecule has 0 atom stereocenters.